The molecule has 1 aliphatic heterocycles. The van der Waals surface area contributed by atoms with Gasteiger partial charge in [0.25, 0.3) is 0 Å². The Morgan fingerprint density at radius 1 is 0.187 bits per heavy atom. The fourth-order valence-corrected chi connectivity index (χ4v) is 37.0. The first-order valence-electron chi connectivity index (χ1n) is 36.8. The quantitative estimate of drug-likeness (QED) is 0.152. The molecule has 0 spiro atoms. The van der Waals surface area contributed by atoms with Gasteiger partial charge in [-0.05, 0) is 0 Å². The number of rotatable bonds is 2. The molecular formula is C90H112Ge. The molecule has 0 fully saturated rings. The van der Waals surface area contributed by atoms with E-state index in [4.69, 9.17) is 0 Å². The molecule has 0 unspecified atom stereocenters. The van der Waals surface area contributed by atoms with Crippen LogP contribution in [-0.2, 0) is 73.5 Å². The van der Waals surface area contributed by atoms with Crippen LogP contribution in [0.5, 0.6) is 0 Å². The van der Waals surface area contributed by atoms with Crippen LogP contribution in [0.15, 0.2) is 82.6 Å². The van der Waals surface area contributed by atoms with Crippen molar-refractivity contribution in [1.82, 2.24) is 0 Å². The fraction of sp³-hybridized carbons (Fsp3) is 0.578. The normalized spacial score (nSPS) is 30.4. The van der Waals surface area contributed by atoms with E-state index < -0.39 is 21.8 Å². The molecule has 1 heteroatoms. The first kappa shape index (κ1) is 60.3. The molecule has 0 saturated heterocycles. The molecule has 4 bridgehead atoms. The average molecular weight is 1270 g/mol. The maximum absolute atomic E-state index is 4.39. The molecule has 6 aromatic carbocycles. The molecule has 0 aromatic heterocycles. The monoisotopic (exact) mass is 1270 g/mol. The van der Waals surface area contributed by atoms with Gasteiger partial charge < -0.3 is 0 Å². The Kier molecular flexibility index (Phi) is 11.3. The van der Waals surface area contributed by atoms with Crippen molar-refractivity contribution in [2.24, 2.45) is 0 Å². The van der Waals surface area contributed by atoms with Gasteiger partial charge >= 0.3 is 558 Å². The van der Waals surface area contributed by atoms with Crippen LogP contribution in [0.1, 0.15) is 389 Å². The minimum absolute atomic E-state index is 0.0314. The first-order valence-corrected chi connectivity index (χ1v) is 41.3. The molecule has 0 radical (unpaired) electrons. The van der Waals surface area contributed by atoms with Gasteiger partial charge in [-0.2, -0.15) is 0 Å². The Morgan fingerprint density at radius 2 is 0.308 bits per heavy atom. The zero-order valence-electron chi connectivity index (χ0n) is 61.2. The molecule has 6 aromatic rings. The molecule has 1 heterocycles. The summed E-state index contributed by atoms with van der Waals surface area (Å²) in [5, 5.41) is 0. The van der Waals surface area contributed by atoms with Gasteiger partial charge in [0.05, 0.1) is 0 Å². The van der Waals surface area contributed by atoms with E-state index >= 15 is 0 Å². The molecule has 0 amide bonds. The Bertz CT molecular complexity index is 3670. The van der Waals surface area contributed by atoms with Crippen molar-refractivity contribution in [3.05, 3.63) is 216 Å². The number of benzene rings is 6. The van der Waals surface area contributed by atoms with Gasteiger partial charge in [0.2, 0.25) is 0 Å². The van der Waals surface area contributed by atoms with Crippen LogP contribution in [0.2, 0.25) is 0 Å². The predicted octanol–water partition coefficient (Wildman–Crippen LogP) is 22.9. The van der Waals surface area contributed by atoms with E-state index in [0.29, 0.717) is 0 Å². The summed E-state index contributed by atoms with van der Waals surface area (Å²) in [6.45, 7) is 62.9. The van der Waals surface area contributed by atoms with Gasteiger partial charge in [-0.15, -0.1) is 0 Å². The summed E-state index contributed by atoms with van der Waals surface area (Å²) in [5.41, 5.74) is 40.3. The van der Waals surface area contributed by atoms with Gasteiger partial charge in [0, 0.05) is 0 Å². The SMILES string of the molecule is CC1(C)CCC(C)(C)c2cc3c(cc21)C1c2cc4c(cc2[C]3([Ge]2([C]35c6cc7c(cc6C(c6cc8c(cc63)C(C)(C)CCC8(C)C)c3cc6c(cc35)C(C)(C)CCC6(C)C)C(C)(C)CCC7(C)C)[CH]=[CH]2)c2cc3c(cc21)C(C)(C)CCC3(C)C)C(C)(C)CCC4(C)C. The van der Waals surface area contributed by atoms with E-state index in [-0.39, 0.29) is 76.8 Å². The van der Waals surface area contributed by atoms with E-state index in [2.05, 4.69) is 249 Å². The minimum atomic E-state index is -4.39. The Morgan fingerprint density at radius 3 is 0.429 bits per heavy atom. The van der Waals surface area contributed by atoms with Crippen molar-refractivity contribution in [2.75, 3.05) is 0 Å². The third kappa shape index (κ3) is 7.18. The van der Waals surface area contributed by atoms with Gasteiger partial charge in [-0.3, -0.25) is 0 Å². The number of hydrogen-bond donors (Lipinski definition) is 0. The molecule has 476 valence electrons. The Balaban J connectivity index is 1.15. The van der Waals surface area contributed by atoms with Crippen molar-refractivity contribution < 1.29 is 0 Å². The van der Waals surface area contributed by atoms with Crippen LogP contribution in [0.4, 0.5) is 0 Å². The van der Waals surface area contributed by atoms with Crippen LogP contribution < -0.4 is 0 Å². The van der Waals surface area contributed by atoms with E-state index in [1.165, 1.54) is 77.0 Å². The zero-order chi connectivity index (χ0) is 64.9. The molecule has 0 N–H and O–H groups in total. The van der Waals surface area contributed by atoms with Crippen molar-refractivity contribution >= 4 is 13.3 Å². The standard InChI is InChI=1S/C90H112Ge/c1-77(2)25-31-83(13,14)69-45-57-51(39-63(69)77)75-52-40-64-70(84(15,16)32-26-78(64,3)4)46-58(52)89(57,59-47-71-65(41-53(59)75)79(5,6)27-33-85(71,17)18)91(37-38-91)90-60-48-72-66(80(7,8)28-34-86(72,19)20)42-54(60)76(55-43-67-73(49-61(55)90)87(21,22)35-29-81(67,9)10)56-44-68-74(50-62(56)90)88(23,24)36-30-82(68,11)12/h37-50,75-76H,25-36H2,1-24H3. The second-order valence-electron chi connectivity index (χ2n) is 41.1. The molecular weight excluding hydrogens is 1150 g/mol. The van der Waals surface area contributed by atoms with E-state index in [1.54, 1.807) is 134 Å². The third-order valence-electron chi connectivity index (χ3n) is 30.2. The number of fused-ring (bicyclic) bond motifs is 6. The van der Waals surface area contributed by atoms with Gasteiger partial charge in [-0.1, -0.05) is 0 Å². The van der Waals surface area contributed by atoms with E-state index in [0.717, 1.165) is 0 Å². The zero-order valence-corrected chi connectivity index (χ0v) is 63.3. The molecule has 13 aliphatic rings. The van der Waals surface area contributed by atoms with Crippen molar-refractivity contribution in [2.45, 2.75) is 329 Å². The van der Waals surface area contributed by atoms with Crippen molar-refractivity contribution in [3.63, 3.8) is 0 Å². The second kappa shape index (κ2) is 17.0. The van der Waals surface area contributed by atoms with Crippen molar-refractivity contribution in [1.29, 1.82) is 0 Å². The van der Waals surface area contributed by atoms with Crippen LogP contribution >= 0.6 is 0 Å². The summed E-state index contributed by atoms with van der Waals surface area (Å²) < 4.78 is -0.895. The summed E-state index contributed by atoms with van der Waals surface area (Å²) in [7, 11) is 0. The second-order valence-corrected chi connectivity index (χ2v) is 49.3. The molecule has 0 atom stereocenters. The third-order valence-corrected chi connectivity index (χ3v) is 40.9. The van der Waals surface area contributed by atoms with Crippen LogP contribution in [0, 0.1) is 0 Å². The summed E-state index contributed by atoms with van der Waals surface area (Å²) in [5.74, 6) is 0.296. The first-order chi connectivity index (χ1) is 41.9. The molecule has 91 heavy (non-hydrogen) atoms. The van der Waals surface area contributed by atoms with Gasteiger partial charge in [0.1, 0.15) is 0 Å². The Hall–Kier alpha value is -4.40. The van der Waals surface area contributed by atoms with Crippen molar-refractivity contribution in [3.8, 4) is 0 Å². The predicted molar refractivity (Wildman–Crippen MR) is 387 cm³/mol. The summed E-state index contributed by atoms with van der Waals surface area (Å²) in [6.07, 6.45) is 14.5. The molecule has 0 nitrogen and oxygen atoms in total. The van der Waals surface area contributed by atoms with Gasteiger partial charge in [-0.25, -0.2) is 0 Å². The topological polar surface area (TPSA) is 0 Å². The molecule has 0 saturated carbocycles. The van der Waals surface area contributed by atoms with Gasteiger partial charge in [0.15, 0.2) is 0 Å². The van der Waals surface area contributed by atoms with Crippen LogP contribution in [0.3, 0.4) is 0 Å². The molecule has 19 rings (SSSR count). The van der Waals surface area contributed by atoms with E-state index in [1.807, 2.05) is 0 Å². The van der Waals surface area contributed by atoms with Crippen LogP contribution in [-0.4, -0.2) is 13.3 Å². The fourth-order valence-electron chi connectivity index (χ4n) is 23.2. The summed E-state index contributed by atoms with van der Waals surface area (Å²) >= 11 is -4.39. The summed E-state index contributed by atoms with van der Waals surface area (Å²) in [4.78, 5) is 6.25. The van der Waals surface area contributed by atoms with Crippen LogP contribution in [0.25, 0.3) is 0 Å². The summed E-state index contributed by atoms with van der Waals surface area (Å²) in [6, 6.07) is 35.7. The van der Waals surface area contributed by atoms with E-state index in [9.17, 15) is 0 Å². The average Bonchev–Trinajstić information content (AvgIpc) is 1.55. The molecule has 12 aliphatic carbocycles. The Labute approximate surface area is 554 Å². The maximum atomic E-state index is 3.13. The number of hydrogen-bond acceptors (Lipinski definition) is 0.